The molecule has 4 rings (SSSR count). The lowest BCUT2D eigenvalue weighted by molar-refractivity contribution is 0.0730. The monoisotopic (exact) mass is 364 g/mol. The van der Waals surface area contributed by atoms with E-state index in [0.717, 1.165) is 24.3 Å². The van der Waals surface area contributed by atoms with Crippen LogP contribution >= 0.6 is 11.3 Å². The number of hydrogen-bond donors (Lipinski definition) is 0. The van der Waals surface area contributed by atoms with Gasteiger partial charge in [0.25, 0.3) is 5.91 Å². The Morgan fingerprint density at radius 3 is 2.81 bits per heavy atom. The van der Waals surface area contributed by atoms with Crippen LogP contribution in [0.2, 0.25) is 0 Å². The number of ether oxygens (including phenoxy) is 1. The second kappa shape index (κ2) is 7.30. The molecule has 2 aromatic carbocycles. The van der Waals surface area contributed by atoms with Gasteiger partial charge in [0.05, 0.1) is 17.2 Å². The first-order valence-electron chi connectivity index (χ1n) is 8.67. The van der Waals surface area contributed by atoms with E-state index < -0.39 is 0 Å². The molecule has 0 saturated heterocycles. The van der Waals surface area contributed by atoms with Gasteiger partial charge in [0, 0.05) is 18.0 Å². The Bertz CT molecular complexity index is 891. The van der Waals surface area contributed by atoms with E-state index in [1.54, 1.807) is 16.8 Å². The molecule has 5 heteroatoms. The molecule has 0 saturated carbocycles. The van der Waals surface area contributed by atoms with Crippen molar-refractivity contribution in [1.29, 1.82) is 0 Å². The zero-order valence-electron chi connectivity index (χ0n) is 14.6. The molecule has 1 unspecified atom stereocenters. The van der Waals surface area contributed by atoms with Crippen LogP contribution in [0.5, 0.6) is 5.75 Å². The quantitative estimate of drug-likeness (QED) is 0.670. The number of hydrogen-bond acceptors (Lipinski definition) is 4. The lowest BCUT2D eigenvalue weighted by Crippen LogP contribution is -2.30. The van der Waals surface area contributed by atoms with Crippen LogP contribution in [0.3, 0.4) is 0 Å². The molecule has 1 heterocycles. The van der Waals surface area contributed by atoms with Crippen LogP contribution in [0.4, 0.5) is 0 Å². The van der Waals surface area contributed by atoms with E-state index in [2.05, 4.69) is 23.2 Å². The van der Waals surface area contributed by atoms with Crippen molar-refractivity contribution in [1.82, 2.24) is 9.88 Å². The molecular weight excluding hydrogens is 344 g/mol. The van der Waals surface area contributed by atoms with Crippen LogP contribution in [-0.2, 0) is 13.0 Å². The molecule has 1 aromatic heterocycles. The third-order valence-corrected chi connectivity index (χ3v) is 5.50. The van der Waals surface area contributed by atoms with Gasteiger partial charge in [-0.3, -0.25) is 4.79 Å². The van der Waals surface area contributed by atoms with Gasteiger partial charge < -0.3 is 9.64 Å². The molecule has 0 radical (unpaired) electrons. The molecule has 1 atom stereocenters. The largest absolute Gasteiger partial charge is 0.487 e. The Kier molecular flexibility index (Phi) is 4.71. The Balaban J connectivity index is 1.43. The summed E-state index contributed by atoms with van der Waals surface area (Å²) in [6.45, 7) is 0.440. The van der Waals surface area contributed by atoms with Gasteiger partial charge in [-0.1, -0.05) is 24.3 Å². The van der Waals surface area contributed by atoms with Gasteiger partial charge in [-0.25, -0.2) is 4.98 Å². The highest BCUT2D eigenvalue weighted by Crippen LogP contribution is 2.35. The van der Waals surface area contributed by atoms with Crippen LogP contribution in [-0.4, -0.2) is 22.8 Å². The number of thiazole rings is 1. The molecule has 132 valence electrons. The average Bonchev–Trinajstić information content (AvgIpc) is 3.35. The molecule has 1 amide bonds. The van der Waals surface area contributed by atoms with E-state index in [-0.39, 0.29) is 11.9 Å². The summed E-state index contributed by atoms with van der Waals surface area (Å²) in [6.07, 6.45) is 2.01. The lowest BCUT2D eigenvalue weighted by Gasteiger charge is -2.25. The van der Waals surface area contributed by atoms with Crippen molar-refractivity contribution < 1.29 is 9.53 Å². The minimum atomic E-state index is 0.0396. The smallest absolute Gasteiger partial charge is 0.254 e. The zero-order chi connectivity index (χ0) is 17.9. The van der Waals surface area contributed by atoms with Gasteiger partial charge >= 0.3 is 0 Å². The summed E-state index contributed by atoms with van der Waals surface area (Å²) < 4.78 is 5.71. The number of benzene rings is 2. The Morgan fingerprint density at radius 1 is 1.23 bits per heavy atom. The second-order valence-corrected chi connectivity index (χ2v) is 7.18. The first-order valence-corrected chi connectivity index (χ1v) is 9.61. The minimum absolute atomic E-state index is 0.0396. The normalized spacial score (nSPS) is 15.5. The fourth-order valence-corrected chi connectivity index (χ4v) is 3.99. The molecule has 0 N–H and O–H groups in total. The maximum atomic E-state index is 12.9. The lowest BCUT2D eigenvalue weighted by atomic mass is 10.1. The van der Waals surface area contributed by atoms with Gasteiger partial charge in [-0.15, -0.1) is 11.3 Å². The summed E-state index contributed by atoms with van der Waals surface area (Å²) in [4.78, 5) is 18.9. The van der Waals surface area contributed by atoms with Crippen molar-refractivity contribution in [3.05, 3.63) is 81.8 Å². The molecule has 0 spiro atoms. The van der Waals surface area contributed by atoms with Crippen molar-refractivity contribution >= 4 is 17.2 Å². The molecule has 0 bridgehead atoms. The van der Waals surface area contributed by atoms with E-state index in [0.29, 0.717) is 12.2 Å². The predicted molar refractivity (Wildman–Crippen MR) is 102 cm³/mol. The Morgan fingerprint density at radius 2 is 2.04 bits per heavy atom. The summed E-state index contributed by atoms with van der Waals surface area (Å²) in [6, 6.07) is 15.9. The van der Waals surface area contributed by atoms with Crippen molar-refractivity contribution in [2.75, 3.05) is 7.05 Å². The van der Waals surface area contributed by atoms with E-state index in [1.807, 2.05) is 47.7 Å². The fraction of sp³-hybridized carbons (Fsp3) is 0.238. The molecule has 1 aliphatic carbocycles. The molecule has 1 aliphatic rings. The number of aromatic nitrogens is 1. The number of aryl methyl sites for hydroxylation is 1. The number of carbonyl (C=O) groups is 1. The van der Waals surface area contributed by atoms with E-state index in [4.69, 9.17) is 4.74 Å². The molecule has 3 aromatic rings. The highest BCUT2D eigenvalue weighted by atomic mass is 32.1. The van der Waals surface area contributed by atoms with Gasteiger partial charge in [0.1, 0.15) is 12.4 Å². The summed E-state index contributed by atoms with van der Waals surface area (Å²) in [5.41, 5.74) is 6.00. The maximum absolute atomic E-state index is 12.9. The minimum Gasteiger partial charge on any atom is -0.487 e. The van der Waals surface area contributed by atoms with Gasteiger partial charge in [-0.2, -0.15) is 0 Å². The van der Waals surface area contributed by atoms with Gasteiger partial charge in [0.2, 0.25) is 0 Å². The summed E-state index contributed by atoms with van der Waals surface area (Å²) >= 11 is 1.55. The number of carbonyl (C=O) groups excluding carboxylic acids is 1. The van der Waals surface area contributed by atoms with Crippen molar-refractivity contribution in [3.63, 3.8) is 0 Å². The molecule has 0 fully saturated rings. The average molecular weight is 364 g/mol. The summed E-state index contributed by atoms with van der Waals surface area (Å²) in [5.74, 6) is 0.779. The highest BCUT2D eigenvalue weighted by Gasteiger charge is 2.28. The van der Waals surface area contributed by atoms with Crippen LogP contribution in [0.25, 0.3) is 0 Å². The van der Waals surface area contributed by atoms with E-state index >= 15 is 0 Å². The third-order valence-electron chi connectivity index (χ3n) is 4.86. The third kappa shape index (κ3) is 3.35. The molecule has 0 aliphatic heterocycles. The number of fused-ring (bicyclic) bond motifs is 1. The van der Waals surface area contributed by atoms with Crippen LogP contribution in [0.1, 0.15) is 39.6 Å². The Labute approximate surface area is 157 Å². The standard InChI is InChI=1S/C21H20N2O2S/c1-23(20-11-8-15-4-2-3-5-19(15)20)21(24)16-6-9-18(10-7-16)25-12-17-13-26-14-22-17/h2-7,9-10,13-14,20H,8,11-12H2,1H3. The predicted octanol–water partition coefficient (Wildman–Crippen LogP) is 4.48. The topological polar surface area (TPSA) is 42.4 Å². The number of rotatable bonds is 5. The number of amides is 1. The highest BCUT2D eigenvalue weighted by molar-refractivity contribution is 7.07. The first-order chi connectivity index (χ1) is 12.7. The molecular formula is C21H20N2O2S. The molecule has 26 heavy (non-hydrogen) atoms. The van der Waals surface area contributed by atoms with Crippen molar-refractivity contribution in [3.8, 4) is 5.75 Å². The van der Waals surface area contributed by atoms with Gasteiger partial charge in [-0.05, 0) is 48.2 Å². The molecule has 4 nitrogen and oxygen atoms in total. The second-order valence-electron chi connectivity index (χ2n) is 6.46. The summed E-state index contributed by atoms with van der Waals surface area (Å²) in [5, 5.41) is 1.96. The van der Waals surface area contributed by atoms with E-state index in [1.165, 1.54) is 11.1 Å². The van der Waals surface area contributed by atoms with Crippen molar-refractivity contribution in [2.45, 2.75) is 25.5 Å². The zero-order valence-corrected chi connectivity index (χ0v) is 15.4. The Hall–Kier alpha value is -2.66. The van der Waals surface area contributed by atoms with E-state index in [9.17, 15) is 4.79 Å². The van der Waals surface area contributed by atoms with Crippen LogP contribution < -0.4 is 4.74 Å². The van der Waals surface area contributed by atoms with Crippen molar-refractivity contribution in [2.24, 2.45) is 0 Å². The van der Waals surface area contributed by atoms with Crippen LogP contribution in [0, 0.1) is 0 Å². The maximum Gasteiger partial charge on any atom is 0.254 e. The SMILES string of the molecule is CN(C(=O)c1ccc(OCc2cscn2)cc1)C1CCc2ccccc21. The first kappa shape index (κ1) is 16.8. The fourth-order valence-electron chi connectivity index (χ4n) is 3.44. The van der Waals surface area contributed by atoms with Gasteiger partial charge in [0.15, 0.2) is 0 Å². The summed E-state index contributed by atoms with van der Waals surface area (Å²) in [7, 11) is 1.89. The number of nitrogens with zero attached hydrogens (tertiary/aromatic N) is 2. The van der Waals surface area contributed by atoms with Crippen LogP contribution in [0.15, 0.2) is 59.4 Å².